The number of carbonyl (C=O) groups is 2. The highest BCUT2D eigenvalue weighted by Gasteiger charge is 2.34. The Morgan fingerprint density at radius 2 is 1.61 bits per heavy atom. The van der Waals surface area contributed by atoms with Crippen LogP contribution in [0.4, 0.5) is 0 Å². The van der Waals surface area contributed by atoms with Crippen LogP contribution < -0.4 is 14.2 Å². The van der Waals surface area contributed by atoms with Gasteiger partial charge in [0.15, 0.2) is 0 Å². The van der Waals surface area contributed by atoms with E-state index in [9.17, 15) is 9.59 Å². The molecule has 2 heterocycles. The number of methoxy groups -OCH3 is 3. The van der Waals surface area contributed by atoms with Gasteiger partial charge in [-0.05, 0) is 55.8 Å². The molecule has 0 spiro atoms. The molecule has 1 aliphatic rings. The molecule has 0 N–H and O–H groups in total. The molecule has 36 heavy (non-hydrogen) atoms. The highest BCUT2D eigenvalue weighted by Crippen LogP contribution is 2.34. The monoisotopic (exact) mass is 491 g/mol. The number of hydrogen-bond donors (Lipinski definition) is 0. The van der Waals surface area contributed by atoms with Crippen molar-refractivity contribution in [2.45, 2.75) is 32.5 Å². The largest absolute Gasteiger partial charge is 0.497 e. The van der Waals surface area contributed by atoms with Gasteiger partial charge in [-0.15, -0.1) is 0 Å². The molecular weight excluding hydrogens is 458 g/mol. The lowest BCUT2D eigenvalue weighted by Crippen LogP contribution is -2.49. The lowest BCUT2D eigenvalue weighted by atomic mass is 9.99. The molecule has 0 radical (unpaired) electrons. The third-order valence-corrected chi connectivity index (χ3v) is 6.56. The van der Waals surface area contributed by atoms with Crippen molar-refractivity contribution in [2.24, 2.45) is 0 Å². The quantitative estimate of drug-likeness (QED) is 0.476. The third kappa shape index (κ3) is 5.03. The number of nitrogens with zero attached hydrogens (tertiary/aromatic N) is 3. The minimum Gasteiger partial charge on any atom is -0.497 e. The highest BCUT2D eigenvalue weighted by molar-refractivity contribution is 5.97. The van der Waals surface area contributed by atoms with Crippen LogP contribution in [0, 0.1) is 0 Å². The Morgan fingerprint density at radius 3 is 2.25 bits per heavy atom. The highest BCUT2D eigenvalue weighted by atomic mass is 16.5. The average molecular weight is 492 g/mol. The van der Waals surface area contributed by atoms with Crippen LogP contribution in [-0.4, -0.2) is 66.6 Å². The summed E-state index contributed by atoms with van der Waals surface area (Å²) in [4.78, 5) is 30.8. The molecule has 8 nitrogen and oxygen atoms in total. The summed E-state index contributed by atoms with van der Waals surface area (Å²) < 4.78 is 18.3. The van der Waals surface area contributed by atoms with Gasteiger partial charge in [0.25, 0.3) is 5.91 Å². The van der Waals surface area contributed by atoms with Gasteiger partial charge in [-0.2, -0.15) is 0 Å². The predicted molar refractivity (Wildman–Crippen MR) is 137 cm³/mol. The minimum atomic E-state index is -0.280. The van der Waals surface area contributed by atoms with Crippen molar-refractivity contribution < 1.29 is 23.8 Å². The van der Waals surface area contributed by atoms with Crippen molar-refractivity contribution >= 4 is 11.8 Å². The Bertz CT molecular complexity index is 1210. The molecule has 0 unspecified atom stereocenters. The maximum Gasteiger partial charge on any atom is 0.254 e. The first kappa shape index (κ1) is 25.2. The maximum atomic E-state index is 13.8. The fourth-order valence-corrected chi connectivity index (χ4v) is 4.64. The lowest BCUT2D eigenvalue weighted by molar-refractivity contribution is -0.135. The van der Waals surface area contributed by atoms with Gasteiger partial charge in [0, 0.05) is 42.7 Å². The summed E-state index contributed by atoms with van der Waals surface area (Å²) >= 11 is 0. The molecule has 2 aromatic carbocycles. The molecule has 0 saturated carbocycles. The number of ether oxygens (including phenoxy) is 3. The molecule has 4 rings (SSSR count). The van der Waals surface area contributed by atoms with Crippen LogP contribution in [0.15, 0.2) is 60.8 Å². The third-order valence-electron chi connectivity index (χ3n) is 6.56. The van der Waals surface area contributed by atoms with Gasteiger partial charge < -0.3 is 28.6 Å². The SMILES string of the molecule is COc1cc(OC)cc(C(=O)N(CC(=O)N2CCn3cccc3[C@@H]2c2cccc(OC)c2)C(C)C)c1. The van der Waals surface area contributed by atoms with Crippen molar-refractivity contribution in [3.05, 3.63) is 77.6 Å². The zero-order chi connectivity index (χ0) is 25.8. The summed E-state index contributed by atoms with van der Waals surface area (Å²) in [5.41, 5.74) is 2.40. The normalized spacial score (nSPS) is 14.8. The van der Waals surface area contributed by atoms with Crippen molar-refractivity contribution in [1.29, 1.82) is 0 Å². The molecule has 1 atom stereocenters. The van der Waals surface area contributed by atoms with Gasteiger partial charge in [-0.3, -0.25) is 9.59 Å². The lowest BCUT2D eigenvalue weighted by Gasteiger charge is -2.39. The van der Waals surface area contributed by atoms with Crippen LogP contribution in [0.2, 0.25) is 0 Å². The average Bonchev–Trinajstić information content (AvgIpc) is 3.39. The molecule has 0 fully saturated rings. The van der Waals surface area contributed by atoms with E-state index in [4.69, 9.17) is 14.2 Å². The van der Waals surface area contributed by atoms with Gasteiger partial charge in [-0.1, -0.05) is 12.1 Å². The summed E-state index contributed by atoms with van der Waals surface area (Å²) in [7, 11) is 4.71. The second-order valence-corrected chi connectivity index (χ2v) is 9.02. The Morgan fingerprint density at radius 1 is 0.917 bits per heavy atom. The van der Waals surface area contributed by atoms with E-state index in [-0.39, 0.29) is 30.4 Å². The van der Waals surface area contributed by atoms with E-state index in [1.54, 1.807) is 30.2 Å². The molecule has 3 aromatic rings. The molecule has 2 amide bonds. The van der Waals surface area contributed by atoms with E-state index >= 15 is 0 Å². The fraction of sp³-hybridized carbons (Fsp3) is 0.357. The van der Waals surface area contributed by atoms with Crippen molar-refractivity contribution in [1.82, 2.24) is 14.4 Å². The van der Waals surface area contributed by atoms with Crippen LogP contribution in [0.3, 0.4) is 0 Å². The Labute approximate surface area is 212 Å². The van der Waals surface area contributed by atoms with Gasteiger partial charge in [-0.25, -0.2) is 0 Å². The summed E-state index contributed by atoms with van der Waals surface area (Å²) in [6.45, 7) is 5.00. The molecule has 1 aromatic heterocycles. The predicted octanol–water partition coefficient (Wildman–Crippen LogP) is 4.00. The molecule has 190 valence electrons. The molecule has 8 heteroatoms. The van der Waals surface area contributed by atoms with Crippen molar-refractivity contribution in [3.8, 4) is 17.2 Å². The summed E-state index contributed by atoms with van der Waals surface area (Å²) in [6, 6.07) is 16.4. The number of aromatic nitrogens is 1. The molecule has 0 aliphatic carbocycles. The van der Waals surface area contributed by atoms with Crippen LogP contribution in [0.25, 0.3) is 0 Å². The standard InChI is InChI=1S/C28H33N3O5/c1-19(2)31(28(33)21-15-23(35-4)17-24(16-21)36-5)18-26(32)30-13-12-29-11-7-10-25(29)27(30)20-8-6-9-22(14-20)34-3/h6-11,14-17,19,27H,12-13,18H2,1-5H3/t27-/m0/s1. The van der Waals surface area contributed by atoms with Gasteiger partial charge >= 0.3 is 0 Å². The zero-order valence-electron chi connectivity index (χ0n) is 21.4. The molecule has 0 saturated heterocycles. The first-order chi connectivity index (χ1) is 17.4. The Balaban J connectivity index is 1.64. The summed E-state index contributed by atoms with van der Waals surface area (Å²) in [5.74, 6) is 1.39. The van der Waals surface area contributed by atoms with Gasteiger partial charge in [0.1, 0.15) is 23.8 Å². The van der Waals surface area contributed by atoms with E-state index in [0.717, 1.165) is 17.0 Å². The topological polar surface area (TPSA) is 73.2 Å². The van der Waals surface area contributed by atoms with E-state index in [1.807, 2.05) is 61.3 Å². The maximum absolute atomic E-state index is 13.8. The van der Waals surface area contributed by atoms with E-state index in [1.165, 1.54) is 14.2 Å². The zero-order valence-corrected chi connectivity index (χ0v) is 21.4. The Kier molecular flexibility index (Phi) is 7.52. The fourth-order valence-electron chi connectivity index (χ4n) is 4.64. The van der Waals surface area contributed by atoms with Crippen LogP contribution in [-0.2, 0) is 11.3 Å². The summed E-state index contributed by atoms with van der Waals surface area (Å²) in [6.07, 6.45) is 2.03. The van der Waals surface area contributed by atoms with E-state index in [2.05, 4.69) is 4.57 Å². The van der Waals surface area contributed by atoms with Crippen LogP contribution in [0.1, 0.15) is 41.5 Å². The van der Waals surface area contributed by atoms with Crippen LogP contribution in [0.5, 0.6) is 17.2 Å². The van der Waals surface area contributed by atoms with E-state index in [0.29, 0.717) is 30.2 Å². The van der Waals surface area contributed by atoms with Crippen molar-refractivity contribution in [3.63, 3.8) is 0 Å². The van der Waals surface area contributed by atoms with E-state index < -0.39 is 0 Å². The second kappa shape index (κ2) is 10.8. The molecule has 1 aliphatic heterocycles. The summed E-state index contributed by atoms with van der Waals surface area (Å²) in [5, 5.41) is 0. The Hall–Kier alpha value is -3.94. The smallest absolute Gasteiger partial charge is 0.254 e. The van der Waals surface area contributed by atoms with Gasteiger partial charge in [0.05, 0.1) is 27.4 Å². The number of benzene rings is 2. The first-order valence-electron chi connectivity index (χ1n) is 12.0. The van der Waals surface area contributed by atoms with Gasteiger partial charge in [0.2, 0.25) is 5.91 Å². The second-order valence-electron chi connectivity index (χ2n) is 9.02. The number of hydrogen-bond acceptors (Lipinski definition) is 5. The van der Waals surface area contributed by atoms with Crippen molar-refractivity contribution in [2.75, 3.05) is 34.4 Å². The molecule has 0 bridgehead atoms. The molecular formula is C28H33N3O5. The number of amides is 2. The number of rotatable bonds is 8. The number of carbonyl (C=O) groups excluding carboxylic acids is 2. The number of fused-ring (bicyclic) bond motifs is 1. The first-order valence-corrected chi connectivity index (χ1v) is 12.0. The van der Waals surface area contributed by atoms with Crippen LogP contribution >= 0.6 is 0 Å². The minimum absolute atomic E-state index is 0.0444.